The Kier molecular flexibility index (Phi) is 5.52. The summed E-state index contributed by atoms with van der Waals surface area (Å²) in [7, 11) is 1.66. The smallest absolute Gasteiger partial charge is 0.262 e. The van der Waals surface area contributed by atoms with Gasteiger partial charge in [-0.25, -0.2) is 4.98 Å². The van der Waals surface area contributed by atoms with Gasteiger partial charge >= 0.3 is 0 Å². The zero-order valence-corrected chi connectivity index (χ0v) is 18.6. The Morgan fingerprint density at radius 1 is 1.23 bits per heavy atom. The van der Waals surface area contributed by atoms with Crippen molar-refractivity contribution >= 4 is 27.5 Å². The first-order valence-electron chi connectivity index (χ1n) is 11.1. The van der Waals surface area contributed by atoms with Gasteiger partial charge in [0.25, 0.3) is 5.56 Å². The van der Waals surface area contributed by atoms with Crippen LogP contribution in [0.2, 0.25) is 0 Å². The van der Waals surface area contributed by atoms with Crippen molar-refractivity contribution in [2.24, 2.45) is 0 Å². The van der Waals surface area contributed by atoms with Gasteiger partial charge in [0, 0.05) is 36.9 Å². The van der Waals surface area contributed by atoms with Gasteiger partial charge in [-0.3, -0.25) is 14.2 Å². The number of ether oxygens (including phenoxy) is 1. The fourth-order valence-electron chi connectivity index (χ4n) is 4.85. The number of hydrogen-bond donors (Lipinski definition) is 0. The van der Waals surface area contributed by atoms with E-state index in [-0.39, 0.29) is 11.5 Å². The number of hydrogen-bond acceptors (Lipinski definition) is 5. The zero-order valence-electron chi connectivity index (χ0n) is 17.8. The van der Waals surface area contributed by atoms with Crippen molar-refractivity contribution < 1.29 is 9.53 Å². The molecule has 1 saturated heterocycles. The number of aryl methyl sites for hydroxylation is 3. The van der Waals surface area contributed by atoms with E-state index in [1.54, 1.807) is 29.3 Å². The quantitative estimate of drug-likeness (QED) is 0.610. The number of aromatic nitrogens is 2. The summed E-state index contributed by atoms with van der Waals surface area (Å²) in [6.07, 6.45) is 7.26. The van der Waals surface area contributed by atoms with E-state index in [0.29, 0.717) is 18.9 Å². The van der Waals surface area contributed by atoms with Crippen molar-refractivity contribution in [2.45, 2.75) is 51.0 Å². The first-order chi connectivity index (χ1) is 15.1. The number of amides is 1. The first kappa shape index (κ1) is 20.2. The van der Waals surface area contributed by atoms with Crippen LogP contribution in [0.15, 0.2) is 35.4 Å². The molecule has 1 unspecified atom stereocenters. The van der Waals surface area contributed by atoms with Crippen LogP contribution in [0.5, 0.6) is 5.75 Å². The average molecular weight is 438 g/mol. The molecule has 1 fully saturated rings. The van der Waals surface area contributed by atoms with Crippen LogP contribution in [0.4, 0.5) is 0 Å². The number of benzene rings is 1. The molecule has 1 aliphatic heterocycles. The Bertz CT molecular complexity index is 1170. The Morgan fingerprint density at radius 2 is 2.03 bits per heavy atom. The summed E-state index contributed by atoms with van der Waals surface area (Å²) in [6.45, 7) is 1.88. The van der Waals surface area contributed by atoms with Gasteiger partial charge in [0.05, 0.1) is 18.8 Å². The summed E-state index contributed by atoms with van der Waals surface area (Å²) in [5.41, 5.74) is 2.45. The number of fused-ring (bicyclic) bond motifs is 3. The Morgan fingerprint density at radius 3 is 2.84 bits per heavy atom. The van der Waals surface area contributed by atoms with Gasteiger partial charge < -0.3 is 9.64 Å². The largest absolute Gasteiger partial charge is 0.497 e. The second-order valence-corrected chi connectivity index (χ2v) is 9.57. The van der Waals surface area contributed by atoms with E-state index in [4.69, 9.17) is 4.74 Å². The van der Waals surface area contributed by atoms with Crippen LogP contribution >= 0.6 is 11.3 Å². The highest BCUT2D eigenvalue weighted by Gasteiger charge is 2.27. The summed E-state index contributed by atoms with van der Waals surface area (Å²) >= 11 is 1.66. The van der Waals surface area contributed by atoms with E-state index in [0.717, 1.165) is 54.7 Å². The maximum atomic E-state index is 13.1. The van der Waals surface area contributed by atoms with Crippen LogP contribution in [-0.4, -0.2) is 40.6 Å². The van der Waals surface area contributed by atoms with E-state index >= 15 is 0 Å². The Hall–Kier alpha value is -2.67. The number of thiophene rings is 1. The third-order valence-corrected chi connectivity index (χ3v) is 7.84. The summed E-state index contributed by atoms with van der Waals surface area (Å²) in [6, 6.07) is 8.11. The summed E-state index contributed by atoms with van der Waals surface area (Å²) in [5, 5.41) is 0.787. The van der Waals surface area contributed by atoms with E-state index in [9.17, 15) is 9.59 Å². The summed E-state index contributed by atoms with van der Waals surface area (Å²) < 4.78 is 6.85. The fourth-order valence-corrected chi connectivity index (χ4v) is 6.07. The molecule has 2 aliphatic rings. The monoisotopic (exact) mass is 437 g/mol. The highest BCUT2D eigenvalue weighted by atomic mass is 32.1. The van der Waals surface area contributed by atoms with Crippen molar-refractivity contribution in [1.82, 2.24) is 14.5 Å². The molecule has 6 nitrogen and oxygen atoms in total. The molecular weight excluding hydrogens is 410 g/mol. The predicted molar refractivity (Wildman–Crippen MR) is 122 cm³/mol. The maximum absolute atomic E-state index is 13.1. The average Bonchev–Trinajstić information content (AvgIpc) is 3.44. The van der Waals surface area contributed by atoms with Crippen LogP contribution in [0.3, 0.4) is 0 Å². The topological polar surface area (TPSA) is 64.4 Å². The minimum atomic E-state index is 0.00901. The van der Waals surface area contributed by atoms with Gasteiger partial charge in [-0.05, 0) is 55.4 Å². The van der Waals surface area contributed by atoms with Gasteiger partial charge in [0.15, 0.2) is 0 Å². The minimum Gasteiger partial charge on any atom is -0.497 e. The lowest BCUT2D eigenvalue weighted by atomic mass is 9.97. The maximum Gasteiger partial charge on any atom is 0.262 e. The van der Waals surface area contributed by atoms with Crippen molar-refractivity contribution in [3.63, 3.8) is 0 Å². The number of carbonyl (C=O) groups is 1. The predicted octanol–water partition coefficient (Wildman–Crippen LogP) is 3.75. The third-order valence-electron chi connectivity index (χ3n) is 6.64. The number of carbonyl (C=O) groups excluding carboxylic acids is 1. The molecule has 7 heteroatoms. The normalized spacial score (nSPS) is 18.4. The van der Waals surface area contributed by atoms with Crippen molar-refractivity contribution in [1.29, 1.82) is 0 Å². The van der Waals surface area contributed by atoms with Gasteiger partial charge in [-0.2, -0.15) is 0 Å². The van der Waals surface area contributed by atoms with Crippen LogP contribution in [0, 0.1) is 0 Å². The SMILES string of the molecule is COc1ccc(C2CCN(C(=O)CCn3cnc4sc5c(c4c3=O)CCCC5)C2)cc1. The van der Waals surface area contributed by atoms with E-state index in [1.165, 1.54) is 22.4 Å². The lowest BCUT2D eigenvalue weighted by Gasteiger charge is -2.17. The van der Waals surface area contributed by atoms with Gasteiger partial charge in [0.1, 0.15) is 10.6 Å². The van der Waals surface area contributed by atoms with E-state index in [2.05, 4.69) is 17.1 Å². The molecule has 5 rings (SSSR count). The van der Waals surface area contributed by atoms with Crippen molar-refractivity contribution in [2.75, 3.05) is 20.2 Å². The fraction of sp³-hybridized carbons (Fsp3) is 0.458. The highest BCUT2D eigenvalue weighted by molar-refractivity contribution is 7.18. The molecule has 1 aromatic carbocycles. The minimum absolute atomic E-state index is 0.00901. The third kappa shape index (κ3) is 3.87. The molecule has 0 bridgehead atoms. The van der Waals surface area contributed by atoms with Crippen molar-refractivity contribution in [3.8, 4) is 5.75 Å². The number of nitrogens with zero attached hydrogens (tertiary/aromatic N) is 3. The molecule has 0 radical (unpaired) electrons. The zero-order chi connectivity index (χ0) is 21.4. The lowest BCUT2D eigenvalue weighted by Crippen LogP contribution is -2.31. The highest BCUT2D eigenvalue weighted by Crippen LogP contribution is 2.33. The van der Waals surface area contributed by atoms with Gasteiger partial charge in [0.2, 0.25) is 5.91 Å². The number of methoxy groups -OCH3 is 1. The molecule has 1 amide bonds. The van der Waals surface area contributed by atoms with Crippen molar-refractivity contribution in [3.05, 3.63) is 57.0 Å². The van der Waals surface area contributed by atoms with E-state index in [1.807, 2.05) is 17.0 Å². The van der Waals surface area contributed by atoms with Crippen LogP contribution in [-0.2, 0) is 24.2 Å². The van der Waals surface area contributed by atoms with Gasteiger partial charge in [-0.15, -0.1) is 11.3 Å². The standard InChI is InChI=1S/C24H27N3O3S/c1-30-18-8-6-16(7-9-18)17-10-12-26(14-17)21(28)11-13-27-15-25-23-22(24(27)29)19-4-2-3-5-20(19)31-23/h6-9,15,17H,2-5,10-14H2,1H3. The lowest BCUT2D eigenvalue weighted by molar-refractivity contribution is -0.130. The molecule has 162 valence electrons. The molecule has 0 saturated carbocycles. The molecule has 3 aromatic rings. The first-order valence-corrected chi connectivity index (χ1v) is 11.9. The molecule has 0 spiro atoms. The Balaban J connectivity index is 1.25. The van der Waals surface area contributed by atoms with Gasteiger partial charge in [-0.1, -0.05) is 12.1 Å². The molecule has 2 aromatic heterocycles. The molecule has 3 heterocycles. The molecular formula is C24H27N3O3S. The summed E-state index contributed by atoms with van der Waals surface area (Å²) in [5.74, 6) is 1.31. The van der Waals surface area contributed by atoms with Crippen LogP contribution < -0.4 is 10.3 Å². The summed E-state index contributed by atoms with van der Waals surface area (Å²) in [4.78, 5) is 34.5. The van der Waals surface area contributed by atoms with Crippen LogP contribution in [0.25, 0.3) is 10.2 Å². The molecule has 31 heavy (non-hydrogen) atoms. The molecule has 1 atom stereocenters. The van der Waals surface area contributed by atoms with E-state index < -0.39 is 0 Å². The number of rotatable bonds is 5. The second-order valence-electron chi connectivity index (χ2n) is 8.48. The molecule has 1 aliphatic carbocycles. The Labute approximate surface area is 185 Å². The van der Waals surface area contributed by atoms with Crippen LogP contribution in [0.1, 0.15) is 47.6 Å². The second kappa shape index (κ2) is 8.46. The number of likely N-dealkylation sites (tertiary alicyclic amines) is 1. The molecule has 0 N–H and O–H groups in total.